The van der Waals surface area contributed by atoms with E-state index in [0.717, 1.165) is 43.1 Å². The molecule has 31 heavy (non-hydrogen) atoms. The topological polar surface area (TPSA) is 91.3 Å². The second-order valence-corrected chi connectivity index (χ2v) is 8.78. The standard InChI is InChI=1S/C23H27ClN2O5/c1-15(27)25-20-11-18(28)3-5-22(20)30-14-19(29)13-26-8-6-23(7-9-26)12-16-10-17(24)2-4-21(16)31-23/h2-5,10-11,19,28-29H,6-9,12-14H2,1H3,(H,25,27)/t19-/m1/s1. The number of nitrogens with zero attached hydrogens (tertiary/aromatic N) is 1. The van der Waals surface area contributed by atoms with E-state index < -0.39 is 6.10 Å². The Morgan fingerprint density at radius 1 is 1.29 bits per heavy atom. The number of carbonyl (C=O) groups excluding carboxylic acids is 1. The molecule has 0 radical (unpaired) electrons. The number of nitrogens with one attached hydrogen (secondary N) is 1. The molecule has 2 aliphatic heterocycles. The molecule has 2 aromatic carbocycles. The Balaban J connectivity index is 1.27. The lowest BCUT2D eigenvalue weighted by Crippen LogP contribution is -2.49. The lowest BCUT2D eigenvalue weighted by atomic mass is 9.87. The molecule has 1 atom stereocenters. The first-order chi connectivity index (χ1) is 14.8. The first-order valence-electron chi connectivity index (χ1n) is 10.4. The molecule has 4 rings (SSSR count). The number of amides is 1. The zero-order chi connectivity index (χ0) is 22.0. The second kappa shape index (κ2) is 8.94. The maximum Gasteiger partial charge on any atom is 0.221 e. The van der Waals surface area contributed by atoms with Gasteiger partial charge < -0.3 is 29.9 Å². The fourth-order valence-electron chi connectivity index (χ4n) is 4.29. The summed E-state index contributed by atoms with van der Waals surface area (Å²) in [5.74, 6) is 1.09. The number of carbonyl (C=O) groups is 1. The third-order valence-electron chi connectivity index (χ3n) is 5.80. The molecule has 0 bridgehead atoms. The quantitative estimate of drug-likeness (QED) is 0.631. The highest BCUT2D eigenvalue weighted by molar-refractivity contribution is 6.30. The van der Waals surface area contributed by atoms with Crippen LogP contribution >= 0.6 is 11.6 Å². The Labute approximate surface area is 186 Å². The van der Waals surface area contributed by atoms with Gasteiger partial charge in [-0.2, -0.15) is 0 Å². The number of aliphatic hydroxyl groups excluding tert-OH is 1. The maximum absolute atomic E-state index is 11.4. The average Bonchev–Trinajstić information content (AvgIpc) is 3.06. The smallest absolute Gasteiger partial charge is 0.221 e. The Morgan fingerprint density at radius 2 is 2.06 bits per heavy atom. The number of likely N-dealkylation sites (tertiary alicyclic amines) is 1. The number of ether oxygens (including phenoxy) is 2. The number of aromatic hydroxyl groups is 1. The molecule has 0 aliphatic carbocycles. The number of hydrogen-bond donors (Lipinski definition) is 3. The highest BCUT2D eigenvalue weighted by atomic mass is 35.5. The number of aliphatic hydroxyl groups is 1. The third kappa shape index (κ3) is 5.23. The molecular formula is C23H27ClN2O5. The summed E-state index contributed by atoms with van der Waals surface area (Å²) in [5, 5.41) is 23.4. The van der Waals surface area contributed by atoms with Crippen LogP contribution < -0.4 is 14.8 Å². The van der Waals surface area contributed by atoms with Crippen LogP contribution in [0, 0.1) is 0 Å². The van der Waals surface area contributed by atoms with E-state index in [4.69, 9.17) is 21.1 Å². The van der Waals surface area contributed by atoms with E-state index in [-0.39, 0.29) is 23.9 Å². The van der Waals surface area contributed by atoms with Crippen molar-refractivity contribution >= 4 is 23.2 Å². The summed E-state index contributed by atoms with van der Waals surface area (Å²) in [5.41, 5.74) is 1.36. The number of anilines is 1. The van der Waals surface area contributed by atoms with Crippen LogP contribution in [0.3, 0.4) is 0 Å². The van der Waals surface area contributed by atoms with Gasteiger partial charge in [0.05, 0.1) is 5.69 Å². The van der Waals surface area contributed by atoms with Crippen LogP contribution in [0.15, 0.2) is 36.4 Å². The van der Waals surface area contributed by atoms with Crippen LogP contribution in [0.4, 0.5) is 5.69 Å². The van der Waals surface area contributed by atoms with Crippen molar-refractivity contribution in [1.29, 1.82) is 0 Å². The summed E-state index contributed by atoms with van der Waals surface area (Å²) >= 11 is 6.11. The number of rotatable bonds is 6. The number of hydrogen-bond acceptors (Lipinski definition) is 6. The third-order valence-corrected chi connectivity index (χ3v) is 6.04. The van der Waals surface area contributed by atoms with Gasteiger partial charge in [-0.3, -0.25) is 4.79 Å². The molecule has 8 heteroatoms. The van der Waals surface area contributed by atoms with Gasteiger partial charge in [-0.05, 0) is 35.9 Å². The van der Waals surface area contributed by atoms with E-state index in [1.165, 1.54) is 24.6 Å². The molecule has 166 valence electrons. The summed E-state index contributed by atoms with van der Waals surface area (Å²) in [4.78, 5) is 13.6. The normalized spacial score (nSPS) is 18.3. The molecule has 2 heterocycles. The number of piperidine rings is 1. The van der Waals surface area contributed by atoms with Crippen molar-refractivity contribution in [1.82, 2.24) is 4.90 Å². The van der Waals surface area contributed by atoms with Gasteiger partial charge in [-0.1, -0.05) is 11.6 Å². The summed E-state index contributed by atoms with van der Waals surface area (Å²) in [6.07, 6.45) is 1.96. The molecule has 2 aromatic rings. The van der Waals surface area contributed by atoms with Gasteiger partial charge in [-0.25, -0.2) is 0 Å². The van der Waals surface area contributed by atoms with Gasteiger partial charge in [0.25, 0.3) is 0 Å². The predicted molar refractivity (Wildman–Crippen MR) is 118 cm³/mol. The molecule has 1 saturated heterocycles. The monoisotopic (exact) mass is 446 g/mol. The van der Waals surface area contributed by atoms with Crippen molar-refractivity contribution in [3.05, 3.63) is 47.0 Å². The molecule has 0 unspecified atom stereocenters. The Hall–Kier alpha value is -2.48. The van der Waals surface area contributed by atoms with Crippen LogP contribution in [-0.4, -0.2) is 59.0 Å². The van der Waals surface area contributed by atoms with E-state index in [1.807, 2.05) is 18.2 Å². The zero-order valence-corrected chi connectivity index (χ0v) is 18.2. The first kappa shape index (κ1) is 21.7. The van der Waals surface area contributed by atoms with Crippen LogP contribution in [0.2, 0.25) is 5.02 Å². The summed E-state index contributed by atoms with van der Waals surface area (Å²) in [6.45, 7) is 3.61. The number of halogens is 1. The van der Waals surface area contributed by atoms with Crippen molar-refractivity contribution in [3.8, 4) is 17.2 Å². The van der Waals surface area contributed by atoms with Crippen LogP contribution in [0.5, 0.6) is 17.2 Å². The minimum absolute atomic E-state index is 0.0254. The van der Waals surface area contributed by atoms with Gasteiger partial charge in [-0.15, -0.1) is 0 Å². The molecule has 3 N–H and O–H groups in total. The van der Waals surface area contributed by atoms with Crippen LogP contribution in [-0.2, 0) is 11.2 Å². The number of phenols is 1. The Morgan fingerprint density at radius 3 is 2.81 bits per heavy atom. The second-order valence-electron chi connectivity index (χ2n) is 8.34. The van der Waals surface area contributed by atoms with E-state index in [1.54, 1.807) is 6.07 Å². The Kier molecular flexibility index (Phi) is 6.27. The minimum Gasteiger partial charge on any atom is -0.508 e. The lowest BCUT2D eigenvalue weighted by Gasteiger charge is -2.39. The van der Waals surface area contributed by atoms with Crippen molar-refractivity contribution in [2.24, 2.45) is 0 Å². The molecule has 2 aliphatic rings. The molecule has 0 aromatic heterocycles. The molecule has 1 amide bonds. The van der Waals surface area contributed by atoms with Gasteiger partial charge in [0.1, 0.15) is 35.6 Å². The van der Waals surface area contributed by atoms with E-state index >= 15 is 0 Å². The lowest BCUT2D eigenvalue weighted by molar-refractivity contribution is -0.114. The van der Waals surface area contributed by atoms with Gasteiger partial charge >= 0.3 is 0 Å². The molecule has 7 nitrogen and oxygen atoms in total. The highest BCUT2D eigenvalue weighted by Gasteiger charge is 2.42. The maximum atomic E-state index is 11.4. The van der Waals surface area contributed by atoms with E-state index in [0.29, 0.717) is 18.0 Å². The summed E-state index contributed by atoms with van der Waals surface area (Å²) in [6, 6.07) is 10.2. The van der Waals surface area contributed by atoms with Crippen molar-refractivity contribution < 1.29 is 24.5 Å². The summed E-state index contributed by atoms with van der Waals surface area (Å²) < 4.78 is 12.0. The van der Waals surface area contributed by atoms with Crippen molar-refractivity contribution in [3.63, 3.8) is 0 Å². The largest absolute Gasteiger partial charge is 0.508 e. The van der Waals surface area contributed by atoms with Gasteiger partial charge in [0.2, 0.25) is 5.91 Å². The highest BCUT2D eigenvalue weighted by Crippen LogP contribution is 2.42. The molecule has 0 saturated carbocycles. The zero-order valence-electron chi connectivity index (χ0n) is 17.4. The SMILES string of the molecule is CC(=O)Nc1cc(O)ccc1OC[C@H](O)CN1CCC2(CC1)Cc1cc(Cl)ccc1O2. The number of phenolic OH excluding ortho intramolecular Hbond substituents is 1. The average molecular weight is 447 g/mol. The number of β-amino-alcohol motifs (C(OH)–C–C–N with tert-alkyl or cyclic N) is 1. The minimum atomic E-state index is -0.687. The van der Waals surface area contributed by atoms with Crippen LogP contribution in [0.1, 0.15) is 25.3 Å². The molecular weight excluding hydrogens is 420 g/mol. The number of benzene rings is 2. The fourth-order valence-corrected chi connectivity index (χ4v) is 4.49. The first-order valence-corrected chi connectivity index (χ1v) is 10.8. The Bertz CT molecular complexity index is 959. The summed E-state index contributed by atoms with van der Waals surface area (Å²) in [7, 11) is 0. The van der Waals surface area contributed by atoms with Gasteiger partial charge in [0.15, 0.2) is 0 Å². The van der Waals surface area contributed by atoms with Crippen molar-refractivity contribution in [2.45, 2.75) is 37.9 Å². The molecule has 1 spiro atoms. The van der Waals surface area contributed by atoms with Gasteiger partial charge in [0, 0.05) is 56.9 Å². The van der Waals surface area contributed by atoms with Crippen molar-refractivity contribution in [2.75, 3.05) is 31.6 Å². The molecule has 1 fully saturated rings. The van der Waals surface area contributed by atoms with Crippen LogP contribution in [0.25, 0.3) is 0 Å². The predicted octanol–water partition coefficient (Wildman–Crippen LogP) is 3.21. The number of fused-ring (bicyclic) bond motifs is 1. The fraction of sp³-hybridized carbons (Fsp3) is 0.435. The van der Waals surface area contributed by atoms with E-state index in [9.17, 15) is 15.0 Å². The van der Waals surface area contributed by atoms with E-state index in [2.05, 4.69) is 10.2 Å².